The Hall–Kier alpha value is -2.88. The van der Waals surface area contributed by atoms with Gasteiger partial charge in [0.25, 0.3) is 5.56 Å². The number of hydrogen-bond donors (Lipinski definition) is 1. The lowest BCUT2D eigenvalue weighted by Crippen LogP contribution is -2.09. The summed E-state index contributed by atoms with van der Waals surface area (Å²) in [5.41, 5.74) is 6.58. The SMILES string of the molecule is Cc1c2c(=O)[nH]c3cc4c(cc3c2nn1Cc1ccccc1)CCCC4. The topological polar surface area (TPSA) is 50.7 Å². The number of H-pyrrole nitrogens is 1. The molecule has 130 valence electrons. The van der Waals surface area contributed by atoms with Crippen molar-refractivity contribution in [1.29, 1.82) is 0 Å². The molecule has 0 atom stereocenters. The number of pyridine rings is 1. The zero-order valence-electron chi connectivity index (χ0n) is 14.9. The molecule has 0 saturated heterocycles. The van der Waals surface area contributed by atoms with E-state index in [4.69, 9.17) is 5.10 Å². The smallest absolute Gasteiger partial charge is 0.259 e. The third kappa shape index (κ3) is 2.37. The molecule has 0 unspecified atom stereocenters. The minimum absolute atomic E-state index is 0.0416. The molecule has 4 nitrogen and oxygen atoms in total. The number of fused-ring (bicyclic) bond motifs is 4. The van der Waals surface area contributed by atoms with Crippen LogP contribution in [-0.2, 0) is 19.4 Å². The molecule has 2 aromatic carbocycles. The van der Waals surface area contributed by atoms with Crippen LogP contribution in [0.2, 0.25) is 0 Å². The van der Waals surface area contributed by atoms with Crippen molar-refractivity contribution in [2.75, 3.05) is 0 Å². The summed E-state index contributed by atoms with van der Waals surface area (Å²) in [6.45, 7) is 2.66. The largest absolute Gasteiger partial charge is 0.321 e. The number of rotatable bonds is 2. The molecule has 1 N–H and O–H groups in total. The predicted octanol–water partition coefficient (Wildman–Crippen LogP) is 4.11. The van der Waals surface area contributed by atoms with Crippen LogP contribution in [0, 0.1) is 6.92 Å². The molecule has 2 aromatic heterocycles. The standard InChI is InChI=1S/C22H21N3O/c1-14-20-21(24-25(14)13-15-7-3-2-4-8-15)18-11-16-9-5-6-10-17(16)12-19(18)23-22(20)26/h2-4,7-8,11-12H,5-6,9-10,13H2,1H3,(H,23,26). The summed E-state index contributed by atoms with van der Waals surface area (Å²) in [6, 6.07) is 14.7. The predicted molar refractivity (Wildman–Crippen MR) is 105 cm³/mol. The van der Waals surface area contributed by atoms with Gasteiger partial charge in [0.2, 0.25) is 0 Å². The van der Waals surface area contributed by atoms with Crippen LogP contribution < -0.4 is 5.56 Å². The van der Waals surface area contributed by atoms with Crippen LogP contribution in [-0.4, -0.2) is 14.8 Å². The van der Waals surface area contributed by atoms with Gasteiger partial charge in [-0.25, -0.2) is 0 Å². The Labute approximate surface area is 151 Å². The van der Waals surface area contributed by atoms with Gasteiger partial charge in [-0.05, 0) is 61.4 Å². The fraction of sp³-hybridized carbons (Fsp3) is 0.273. The fourth-order valence-electron chi connectivity index (χ4n) is 4.19. The zero-order valence-corrected chi connectivity index (χ0v) is 14.9. The molecule has 4 heteroatoms. The normalized spacial score (nSPS) is 14.0. The van der Waals surface area contributed by atoms with E-state index in [1.165, 1.54) is 29.5 Å². The van der Waals surface area contributed by atoms with E-state index < -0.39 is 0 Å². The Balaban J connectivity index is 1.75. The highest BCUT2D eigenvalue weighted by Crippen LogP contribution is 2.29. The van der Waals surface area contributed by atoms with Crippen molar-refractivity contribution in [3.8, 4) is 0 Å². The van der Waals surface area contributed by atoms with Gasteiger partial charge in [-0.15, -0.1) is 0 Å². The van der Waals surface area contributed by atoms with E-state index in [1.54, 1.807) is 0 Å². The molecule has 1 aliphatic rings. The average molecular weight is 343 g/mol. The monoisotopic (exact) mass is 343 g/mol. The lowest BCUT2D eigenvalue weighted by Gasteiger charge is -2.16. The van der Waals surface area contributed by atoms with Crippen LogP contribution in [0.4, 0.5) is 0 Å². The van der Waals surface area contributed by atoms with Gasteiger partial charge in [0, 0.05) is 11.1 Å². The van der Waals surface area contributed by atoms with Gasteiger partial charge >= 0.3 is 0 Å². The van der Waals surface area contributed by atoms with Crippen molar-refractivity contribution in [3.63, 3.8) is 0 Å². The van der Waals surface area contributed by atoms with Crippen LogP contribution in [0.25, 0.3) is 21.8 Å². The highest BCUT2D eigenvalue weighted by molar-refractivity contribution is 6.04. The maximum atomic E-state index is 12.7. The number of aromatic nitrogens is 3. The van der Waals surface area contributed by atoms with E-state index in [0.717, 1.165) is 35.0 Å². The zero-order chi connectivity index (χ0) is 17.7. The van der Waals surface area contributed by atoms with Gasteiger partial charge in [0.05, 0.1) is 17.4 Å². The first-order chi connectivity index (χ1) is 12.7. The van der Waals surface area contributed by atoms with E-state index in [9.17, 15) is 4.79 Å². The molecule has 0 fully saturated rings. The molecule has 5 rings (SSSR count). The van der Waals surface area contributed by atoms with Gasteiger partial charge in [-0.1, -0.05) is 30.3 Å². The Morgan fingerprint density at radius 3 is 2.58 bits per heavy atom. The Bertz CT molecular complexity index is 1190. The molecular formula is C22H21N3O. The number of benzene rings is 2. The highest BCUT2D eigenvalue weighted by Gasteiger charge is 2.17. The van der Waals surface area contributed by atoms with Crippen LogP contribution in [0.5, 0.6) is 0 Å². The first-order valence-corrected chi connectivity index (χ1v) is 9.29. The van der Waals surface area contributed by atoms with Crippen molar-refractivity contribution in [2.24, 2.45) is 0 Å². The summed E-state index contributed by atoms with van der Waals surface area (Å²) in [7, 11) is 0. The summed E-state index contributed by atoms with van der Waals surface area (Å²) in [6.07, 6.45) is 4.70. The van der Waals surface area contributed by atoms with Crippen molar-refractivity contribution in [3.05, 3.63) is 75.2 Å². The first-order valence-electron chi connectivity index (χ1n) is 9.29. The van der Waals surface area contributed by atoms with Crippen LogP contribution in [0.15, 0.2) is 47.3 Å². The van der Waals surface area contributed by atoms with Gasteiger partial charge in [-0.2, -0.15) is 5.10 Å². The van der Waals surface area contributed by atoms with Crippen LogP contribution in [0.1, 0.15) is 35.2 Å². The van der Waals surface area contributed by atoms with Crippen molar-refractivity contribution in [1.82, 2.24) is 14.8 Å². The summed E-state index contributed by atoms with van der Waals surface area (Å²) in [4.78, 5) is 15.8. The molecule has 0 amide bonds. The highest BCUT2D eigenvalue weighted by atomic mass is 16.1. The van der Waals surface area contributed by atoms with E-state index in [2.05, 4.69) is 29.2 Å². The van der Waals surface area contributed by atoms with E-state index in [0.29, 0.717) is 11.9 Å². The second-order valence-electron chi connectivity index (χ2n) is 7.28. The first kappa shape index (κ1) is 15.4. The second kappa shape index (κ2) is 5.84. The minimum atomic E-state index is -0.0416. The van der Waals surface area contributed by atoms with Gasteiger partial charge in [-0.3, -0.25) is 9.48 Å². The summed E-state index contributed by atoms with van der Waals surface area (Å²) in [5.74, 6) is 0. The third-order valence-electron chi connectivity index (χ3n) is 5.59. The lowest BCUT2D eigenvalue weighted by atomic mass is 9.90. The van der Waals surface area contributed by atoms with Gasteiger partial charge in [0.1, 0.15) is 5.52 Å². The fourth-order valence-corrected chi connectivity index (χ4v) is 4.19. The van der Waals surface area contributed by atoms with Gasteiger partial charge in [0.15, 0.2) is 0 Å². The Morgan fingerprint density at radius 2 is 1.81 bits per heavy atom. The number of aromatic amines is 1. The van der Waals surface area contributed by atoms with E-state index in [1.807, 2.05) is 29.8 Å². The van der Waals surface area contributed by atoms with Crippen molar-refractivity contribution in [2.45, 2.75) is 39.2 Å². The van der Waals surface area contributed by atoms with Crippen molar-refractivity contribution >= 4 is 21.8 Å². The molecular weight excluding hydrogens is 322 g/mol. The third-order valence-corrected chi connectivity index (χ3v) is 5.59. The number of nitrogens with zero attached hydrogens (tertiary/aromatic N) is 2. The van der Waals surface area contributed by atoms with Crippen LogP contribution >= 0.6 is 0 Å². The molecule has 0 saturated carbocycles. The molecule has 2 heterocycles. The molecule has 26 heavy (non-hydrogen) atoms. The van der Waals surface area contributed by atoms with E-state index in [-0.39, 0.29) is 5.56 Å². The van der Waals surface area contributed by atoms with Crippen molar-refractivity contribution < 1.29 is 0 Å². The van der Waals surface area contributed by atoms with E-state index >= 15 is 0 Å². The second-order valence-corrected chi connectivity index (χ2v) is 7.28. The average Bonchev–Trinajstić information content (AvgIpc) is 2.98. The molecule has 0 bridgehead atoms. The number of nitrogens with one attached hydrogen (secondary N) is 1. The maximum absolute atomic E-state index is 12.7. The molecule has 0 radical (unpaired) electrons. The summed E-state index contributed by atoms with van der Waals surface area (Å²) < 4.78 is 1.95. The Morgan fingerprint density at radius 1 is 1.08 bits per heavy atom. The minimum Gasteiger partial charge on any atom is -0.321 e. The number of hydrogen-bond acceptors (Lipinski definition) is 2. The van der Waals surface area contributed by atoms with Gasteiger partial charge < -0.3 is 4.98 Å². The Kier molecular flexibility index (Phi) is 3.45. The maximum Gasteiger partial charge on any atom is 0.259 e. The molecule has 1 aliphatic carbocycles. The summed E-state index contributed by atoms with van der Waals surface area (Å²) >= 11 is 0. The molecule has 0 spiro atoms. The quantitative estimate of drug-likeness (QED) is 0.595. The molecule has 4 aromatic rings. The summed E-state index contributed by atoms with van der Waals surface area (Å²) in [5, 5.41) is 6.62. The lowest BCUT2D eigenvalue weighted by molar-refractivity contribution is 0.674. The van der Waals surface area contributed by atoms with Crippen LogP contribution in [0.3, 0.4) is 0 Å². The molecule has 0 aliphatic heterocycles. The number of aryl methyl sites for hydroxylation is 3.